The van der Waals surface area contributed by atoms with Crippen LogP contribution in [0, 0.1) is 0 Å². The maximum absolute atomic E-state index is 9.58. The predicted octanol–water partition coefficient (Wildman–Crippen LogP) is 1.89. The number of hydrogen-bond acceptors (Lipinski definition) is 2. The van der Waals surface area contributed by atoms with Gasteiger partial charge in [0.2, 0.25) is 0 Å². The zero-order valence-corrected chi connectivity index (χ0v) is 8.38. The maximum atomic E-state index is 9.58. The van der Waals surface area contributed by atoms with Gasteiger partial charge in [0.1, 0.15) is 0 Å². The van der Waals surface area contributed by atoms with Crippen LogP contribution in [0.1, 0.15) is 24.2 Å². The molecule has 3 heteroatoms. The van der Waals surface area contributed by atoms with Crippen molar-refractivity contribution in [1.82, 2.24) is 0 Å². The second kappa shape index (κ2) is 4.61. The maximum Gasteiger partial charge on any atom is 0.0915 e. The van der Waals surface area contributed by atoms with Crippen molar-refractivity contribution >= 4 is 11.6 Å². The van der Waals surface area contributed by atoms with Gasteiger partial charge in [-0.1, -0.05) is 24.6 Å². The molecule has 0 aromatic heterocycles. The molecule has 0 aliphatic heterocycles. The molecule has 0 saturated carbocycles. The van der Waals surface area contributed by atoms with Gasteiger partial charge >= 0.3 is 0 Å². The van der Waals surface area contributed by atoms with E-state index in [1.165, 1.54) is 0 Å². The summed E-state index contributed by atoms with van der Waals surface area (Å²) in [4.78, 5) is 0. The molecule has 0 aliphatic rings. The molecule has 1 rings (SSSR count). The predicted molar refractivity (Wildman–Crippen MR) is 54.8 cm³/mol. The fraction of sp³-hybridized carbons (Fsp3) is 0.400. The minimum atomic E-state index is -0.603. The molecular formula is C10H14ClNO. The fourth-order valence-electron chi connectivity index (χ4n) is 1.32. The first-order valence-corrected chi connectivity index (χ1v) is 4.73. The highest BCUT2D eigenvalue weighted by Gasteiger charge is 2.09. The fourth-order valence-corrected chi connectivity index (χ4v) is 1.51. The highest BCUT2D eigenvalue weighted by atomic mass is 35.5. The molecule has 0 radical (unpaired) electrons. The van der Waals surface area contributed by atoms with Crippen molar-refractivity contribution in [2.45, 2.75) is 19.4 Å². The van der Waals surface area contributed by atoms with Gasteiger partial charge in [-0.2, -0.15) is 0 Å². The van der Waals surface area contributed by atoms with Crippen LogP contribution in [-0.4, -0.2) is 11.7 Å². The molecule has 72 valence electrons. The molecule has 0 heterocycles. The van der Waals surface area contributed by atoms with E-state index >= 15 is 0 Å². The Kier molecular flexibility index (Phi) is 3.72. The quantitative estimate of drug-likeness (QED) is 0.781. The van der Waals surface area contributed by atoms with Gasteiger partial charge in [-0.05, 0) is 29.7 Å². The van der Waals surface area contributed by atoms with Crippen molar-refractivity contribution in [2.75, 3.05) is 6.54 Å². The van der Waals surface area contributed by atoms with E-state index in [-0.39, 0.29) is 6.54 Å². The van der Waals surface area contributed by atoms with Gasteiger partial charge in [-0.25, -0.2) is 0 Å². The molecule has 3 N–H and O–H groups in total. The zero-order valence-electron chi connectivity index (χ0n) is 7.63. The van der Waals surface area contributed by atoms with Crippen LogP contribution in [0.2, 0.25) is 5.02 Å². The molecule has 13 heavy (non-hydrogen) atoms. The summed E-state index contributed by atoms with van der Waals surface area (Å²) in [5, 5.41) is 10.2. The molecule has 1 atom stereocenters. The SMILES string of the molecule is CCc1ccc(Cl)cc1C(O)CN. The normalized spacial score (nSPS) is 12.9. The summed E-state index contributed by atoms with van der Waals surface area (Å²) < 4.78 is 0. The minimum Gasteiger partial charge on any atom is -0.387 e. The third-order valence-electron chi connectivity index (χ3n) is 2.07. The topological polar surface area (TPSA) is 46.2 Å². The largest absolute Gasteiger partial charge is 0.387 e. The summed E-state index contributed by atoms with van der Waals surface area (Å²) in [6, 6.07) is 5.53. The first kappa shape index (κ1) is 10.5. The first-order valence-electron chi connectivity index (χ1n) is 4.35. The van der Waals surface area contributed by atoms with Gasteiger partial charge in [0.05, 0.1) is 6.10 Å². The van der Waals surface area contributed by atoms with Gasteiger partial charge in [0.25, 0.3) is 0 Å². The van der Waals surface area contributed by atoms with Gasteiger partial charge in [-0.15, -0.1) is 0 Å². The number of benzene rings is 1. The molecule has 0 amide bonds. The van der Waals surface area contributed by atoms with Crippen molar-refractivity contribution in [2.24, 2.45) is 5.73 Å². The van der Waals surface area contributed by atoms with E-state index in [2.05, 4.69) is 0 Å². The lowest BCUT2D eigenvalue weighted by atomic mass is 10.0. The lowest BCUT2D eigenvalue weighted by Crippen LogP contribution is -2.13. The molecule has 0 fully saturated rings. The van der Waals surface area contributed by atoms with Gasteiger partial charge in [0.15, 0.2) is 0 Å². The van der Waals surface area contributed by atoms with E-state index in [1.54, 1.807) is 6.07 Å². The number of hydrogen-bond donors (Lipinski definition) is 2. The standard InChI is InChI=1S/C10H14ClNO/c1-2-7-3-4-8(11)5-9(7)10(13)6-12/h3-5,10,13H,2,6,12H2,1H3. The van der Waals surface area contributed by atoms with Crippen LogP contribution < -0.4 is 5.73 Å². The molecule has 0 spiro atoms. The molecule has 2 nitrogen and oxygen atoms in total. The molecule has 1 unspecified atom stereocenters. The van der Waals surface area contributed by atoms with Crippen LogP contribution in [0.4, 0.5) is 0 Å². The Hall–Kier alpha value is -0.570. The summed E-state index contributed by atoms with van der Waals surface area (Å²) in [7, 11) is 0. The monoisotopic (exact) mass is 199 g/mol. The van der Waals surface area contributed by atoms with Crippen LogP contribution in [-0.2, 0) is 6.42 Å². The Balaban J connectivity index is 3.07. The van der Waals surface area contributed by atoms with Crippen LogP contribution >= 0.6 is 11.6 Å². The Morgan fingerprint density at radius 3 is 2.77 bits per heavy atom. The van der Waals surface area contributed by atoms with Crippen molar-refractivity contribution in [1.29, 1.82) is 0 Å². The highest BCUT2D eigenvalue weighted by Crippen LogP contribution is 2.22. The minimum absolute atomic E-state index is 0.230. The van der Waals surface area contributed by atoms with Crippen molar-refractivity contribution in [3.8, 4) is 0 Å². The third kappa shape index (κ3) is 2.44. The summed E-state index contributed by atoms with van der Waals surface area (Å²) in [5.41, 5.74) is 7.33. The number of aliphatic hydroxyl groups excluding tert-OH is 1. The molecule has 1 aromatic rings. The lowest BCUT2D eigenvalue weighted by Gasteiger charge is -2.13. The Morgan fingerprint density at radius 2 is 2.23 bits per heavy atom. The highest BCUT2D eigenvalue weighted by molar-refractivity contribution is 6.30. The third-order valence-corrected chi connectivity index (χ3v) is 2.31. The van der Waals surface area contributed by atoms with E-state index in [9.17, 15) is 5.11 Å². The summed E-state index contributed by atoms with van der Waals surface area (Å²) >= 11 is 5.82. The van der Waals surface area contributed by atoms with Crippen molar-refractivity contribution in [3.05, 3.63) is 34.3 Å². The average Bonchev–Trinajstić information content (AvgIpc) is 2.16. The Morgan fingerprint density at radius 1 is 1.54 bits per heavy atom. The number of aliphatic hydroxyl groups is 1. The molecule has 1 aromatic carbocycles. The van der Waals surface area contributed by atoms with Crippen LogP contribution in [0.15, 0.2) is 18.2 Å². The summed E-state index contributed by atoms with van der Waals surface area (Å²) in [6.45, 7) is 2.27. The zero-order chi connectivity index (χ0) is 9.84. The molecule has 0 aliphatic carbocycles. The lowest BCUT2D eigenvalue weighted by molar-refractivity contribution is 0.185. The van der Waals surface area contributed by atoms with E-state index in [0.29, 0.717) is 5.02 Å². The van der Waals surface area contributed by atoms with Gasteiger partial charge in [-0.3, -0.25) is 0 Å². The van der Waals surface area contributed by atoms with Crippen LogP contribution in [0.3, 0.4) is 0 Å². The first-order chi connectivity index (χ1) is 6.19. The van der Waals surface area contributed by atoms with E-state index in [4.69, 9.17) is 17.3 Å². The number of rotatable bonds is 3. The number of nitrogens with two attached hydrogens (primary N) is 1. The summed E-state index contributed by atoms with van der Waals surface area (Å²) in [6.07, 6.45) is 0.275. The van der Waals surface area contributed by atoms with Crippen molar-refractivity contribution < 1.29 is 5.11 Å². The van der Waals surface area contributed by atoms with Gasteiger partial charge in [0, 0.05) is 11.6 Å². The van der Waals surface area contributed by atoms with Crippen molar-refractivity contribution in [3.63, 3.8) is 0 Å². The summed E-state index contributed by atoms with van der Waals surface area (Å²) in [5.74, 6) is 0. The van der Waals surface area contributed by atoms with Crippen LogP contribution in [0.25, 0.3) is 0 Å². The average molecular weight is 200 g/mol. The van der Waals surface area contributed by atoms with Gasteiger partial charge < -0.3 is 10.8 Å². The second-order valence-corrected chi connectivity index (χ2v) is 3.38. The van der Waals surface area contributed by atoms with Crippen LogP contribution in [0.5, 0.6) is 0 Å². The Bertz CT molecular complexity index is 288. The molecule has 0 saturated heterocycles. The Labute approximate surface area is 83.3 Å². The van der Waals surface area contributed by atoms with E-state index < -0.39 is 6.10 Å². The molecular weight excluding hydrogens is 186 g/mol. The smallest absolute Gasteiger partial charge is 0.0915 e. The van der Waals surface area contributed by atoms with E-state index in [1.807, 2.05) is 19.1 Å². The number of aryl methyl sites for hydroxylation is 1. The number of halogens is 1. The molecule has 0 bridgehead atoms. The second-order valence-electron chi connectivity index (χ2n) is 2.95. The van der Waals surface area contributed by atoms with E-state index in [0.717, 1.165) is 17.5 Å².